The number of hydrogen-bond acceptors (Lipinski definition) is 6. The summed E-state index contributed by atoms with van der Waals surface area (Å²) in [5, 5.41) is 3.75. The van der Waals surface area contributed by atoms with Crippen LogP contribution in [-0.2, 0) is 0 Å². The third kappa shape index (κ3) is 4.46. The standard InChI is InChI=1S/C22H38N6/c1-17(2)26-12-8-19(9-13-26)27-10-5-11-28(15-14-27)21-7-4-6-20(24-21)22-18(3)16-23-25-22/h4,6-7,17,19,21,23-25H,5,8-16H2,1-3H3. The first-order chi connectivity index (χ1) is 13.6. The molecule has 2 fully saturated rings. The number of rotatable bonds is 4. The number of allylic oxidation sites excluding steroid dienone is 2. The van der Waals surface area contributed by atoms with Crippen LogP contribution in [-0.4, -0.2) is 78.8 Å². The summed E-state index contributed by atoms with van der Waals surface area (Å²) >= 11 is 0. The van der Waals surface area contributed by atoms with Crippen LogP contribution >= 0.6 is 0 Å². The number of hydrogen-bond donors (Lipinski definition) is 3. The number of likely N-dealkylation sites (tertiary alicyclic amines) is 1. The van der Waals surface area contributed by atoms with E-state index in [1.54, 1.807) is 0 Å². The van der Waals surface area contributed by atoms with E-state index < -0.39 is 0 Å². The Morgan fingerprint density at radius 2 is 1.75 bits per heavy atom. The Labute approximate surface area is 170 Å². The van der Waals surface area contributed by atoms with E-state index in [1.807, 2.05) is 0 Å². The molecular weight excluding hydrogens is 348 g/mol. The van der Waals surface area contributed by atoms with Gasteiger partial charge in [0, 0.05) is 38.3 Å². The highest BCUT2D eigenvalue weighted by Gasteiger charge is 2.29. The van der Waals surface area contributed by atoms with Gasteiger partial charge < -0.3 is 15.6 Å². The van der Waals surface area contributed by atoms with Gasteiger partial charge in [-0.15, -0.1) is 0 Å². The highest BCUT2D eigenvalue weighted by atomic mass is 15.4. The van der Waals surface area contributed by atoms with Gasteiger partial charge in [-0.25, -0.2) is 5.43 Å². The minimum atomic E-state index is 0.297. The molecule has 1 unspecified atom stereocenters. The smallest absolute Gasteiger partial charge is 0.0990 e. The van der Waals surface area contributed by atoms with Crippen LogP contribution in [0.2, 0.25) is 0 Å². The molecule has 0 aromatic rings. The van der Waals surface area contributed by atoms with Gasteiger partial charge in [0.15, 0.2) is 0 Å². The maximum absolute atomic E-state index is 3.75. The first kappa shape index (κ1) is 20.0. The largest absolute Gasteiger partial charge is 0.365 e. The number of nitrogens with one attached hydrogen (secondary N) is 3. The summed E-state index contributed by atoms with van der Waals surface area (Å²) in [6.07, 6.45) is 10.9. The molecule has 0 radical (unpaired) electrons. The van der Waals surface area contributed by atoms with E-state index >= 15 is 0 Å². The Morgan fingerprint density at radius 1 is 1.00 bits per heavy atom. The molecular formula is C22H38N6. The number of piperidine rings is 1. The van der Waals surface area contributed by atoms with Crippen LogP contribution in [0, 0.1) is 0 Å². The van der Waals surface area contributed by atoms with Crippen LogP contribution in [0.3, 0.4) is 0 Å². The summed E-state index contributed by atoms with van der Waals surface area (Å²) in [5.74, 6) is 0. The lowest BCUT2D eigenvalue weighted by Crippen LogP contribution is -2.49. The van der Waals surface area contributed by atoms with E-state index in [4.69, 9.17) is 0 Å². The van der Waals surface area contributed by atoms with E-state index in [9.17, 15) is 0 Å². The molecule has 0 amide bonds. The summed E-state index contributed by atoms with van der Waals surface area (Å²) in [6, 6.07) is 1.47. The average molecular weight is 387 g/mol. The van der Waals surface area contributed by atoms with E-state index in [2.05, 4.69) is 69.9 Å². The van der Waals surface area contributed by atoms with E-state index in [0.717, 1.165) is 19.1 Å². The molecule has 4 aliphatic rings. The van der Waals surface area contributed by atoms with Gasteiger partial charge in [-0.05, 0) is 77.4 Å². The van der Waals surface area contributed by atoms with Gasteiger partial charge in [0.05, 0.1) is 17.6 Å². The highest BCUT2D eigenvalue weighted by molar-refractivity contribution is 5.39. The molecule has 6 nitrogen and oxygen atoms in total. The Balaban J connectivity index is 1.31. The lowest BCUT2D eigenvalue weighted by Gasteiger charge is -2.40. The van der Waals surface area contributed by atoms with Gasteiger partial charge in [0.1, 0.15) is 0 Å². The fourth-order valence-electron chi connectivity index (χ4n) is 5.01. The Morgan fingerprint density at radius 3 is 2.46 bits per heavy atom. The zero-order valence-corrected chi connectivity index (χ0v) is 17.9. The average Bonchev–Trinajstić information content (AvgIpc) is 2.99. The Kier molecular flexibility index (Phi) is 6.41. The molecule has 0 spiro atoms. The molecule has 0 bridgehead atoms. The van der Waals surface area contributed by atoms with Crippen LogP contribution in [0.5, 0.6) is 0 Å². The van der Waals surface area contributed by atoms with Gasteiger partial charge in [-0.3, -0.25) is 9.80 Å². The molecule has 0 saturated carbocycles. The van der Waals surface area contributed by atoms with Gasteiger partial charge in [0.25, 0.3) is 0 Å². The minimum absolute atomic E-state index is 0.297. The maximum atomic E-state index is 3.75. The van der Waals surface area contributed by atoms with Crippen LogP contribution in [0.15, 0.2) is 35.2 Å². The molecule has 2 saturated heterocycles. The van der Waals surface area contributed by atoms with Gasteiger partial charge >= 0.3 is 0 Å². The molecule has 156 valence electrons. The second-order valence-corrected chi connectivity index (χ2v) is 8.97. The summed E-state index contributed by atoms with van der Waals surface area (Å²) in [6.45, 7) is 15.0. The zero-order chi connectivity index (χ0) is 19.5. The van der Waals surface area contributed by atoms with Crippen LogP contribution in [0.1, 0.15) is 40.0 Å². The minimum Gasteiger partial charge on any atom is -0.365 e. The van der Waals surface area contributed by atoms with Crippen molar-refractivity contribution in [3.05, 3.63) is 35.2 Å². The van der Waals surface area contributed by atoms with Crippen molar-refractivity contribution < 1.29 is 0 Å². The molecule has 0 aromatic heterocycles. The number of nitrogens with zero attached hydrogens (tertiary/aromatic N) is 3. The summed E-state index contributed by atoms with van der Waals surface area (Å²) in [4.78, 5) is 8.02. The van der Waals surface area contributed by atoms with E-state index in [1.165, 1.54) is 69.0 Å². The van der Waals surface area contributed by atoms with Crippen molar-refractivity contribution in [3.8, 4) is 0 Å². The first-order valence-electron chi connectivity index (χ1n) is 11.2. The molecule has 3 N–H and O–H groups in total. The lowest BCUT2D eigenvalue weighted by molar-refractivity contribution is 0.0928. The van der Waals surface area contributed by atoms with Crippen molar-refractivity contribution in [1.29, 1.82) is 0 Å². The molecule has 0 aliphatic carbocycles. The lowest BCUT2D eigenvalue weighted by atomic mass is 10.0. The van der Waals surface area contributed by atoms with Crippen LogP contribution in [0.4, 0.5) is 0 Å². The maximum Gasteiger partial charge on any atom is 0.0990 e. The van der Waals surface area contributed by atoms with Crippen LogP contribution < -0.4 is 16.2 Å². The molecule has 0 aromatic carbocycles. The SMILES string of the molecule is CC1=C(C2=CC=CC(N3CCCN(C4CCN(C(C)C)CC4)CC3)N2)NNC1. The predicted molar refractivity (Wildman–Crippen MR) is 115 cm³/mol. The molecule has 1 atom stereocenters. The van der Waals surface area contributed by atoms with Crippen molar-refractivity contribution in [2.24, 2.45) is 0 Å². The second kappa shape index (κ2) is 8.99. The quantitative estimate of drug-likeness (QED) is 0.683. The zero-order valence-electron chi connectivity index (χ0n) is 17.9. The fourth-order valence-corrected chi connectivity index (χ4v) is 5.01. The molecule has 28 heavy (non-hydrogen) atoms. The monoisotopic (exact) mass is 386 g/mol. The second-order valence-electron chi connectivity index (χ2n) is 8.97. The Hall–Kier alpha value is -1.34. The molecule has 6 heteroatoms. The van der Waals surface area contributed by atoms with Gasteiger partial charge in [-0.2, -0.15) is 0 Å². The van der Waals surface area contributed by atoms with Gasteiger partial charge in [0.2, 0.25) is 0 Å². The number of hydrazine groups is 1. The van der Waals surface area contributed by atoms with Gasteiger partial charge in [-0.1, -0.05) is 6.08 Å². The van der Waals surface area contributed by atoms with Crippen molar-refractivity contribution in [2.75, 3.05) is 45.8 Å². The van der Waals surface area contributed by atoms with Crippen molar-refractivity contribution >= 4 is 0 Å². The summed E-state index contributed by atoms with van der Waals surface area (Å²) in [5.41, 5.74) is 10.3. The third-order valence-electron chi connectivity index (χ3n) is 6.83. The molecule has 4 aliphatic heterocycles. The van der Waals surface area contributed by atoms with Crippen molar-refractivity contribution in [3.63, 3.8) is 0 Å². The highest BCUT2D eigenvalue weighted by Crippen LogP contribution is 2.22. The fraction of sp³-hybridized carbons (Fsp3) is 0.727. The Bertz CT molecular complexity index is 629. The van der Waals surface area contributed by atoms with E-state index in [0.29, 0.717) is 12.2 Å². The number of dihydropyridines is 1. The normalized spacial score (nSPS) is 29.0. The summed E-state index contributed by atoms with van der Waals surface area (Å²) in [7, 11) is 0. The van der Waals surface area contributed by atoms with Crippen molar-refractivity contribution in [1.82, 2.24) is 30.9 Å². The predicted octanol–water partition coefficient (Wildman–Crippen LogP) is 1.62. The third-order valence-corrected chi connectivity index (χ3v) is 6.83. The van der Waals surface area contributed by atoms with Crippen molar-refractivity contribution in [2.45, 2.75) is 58.3 Å². The molecule has 4 rings (SSSR count). The first-order valence-corrected chi connectivity index (χ1v) is 11.2. The molecule has 4 heterocycles. The topological polar surface area (TPSA) is 45.8 Å². The van der Waals surface area contributed by atoms with Crippen LogP contribution in [0.25, 0.3) is 0 Å². The van der Waals surface area contributed by atoms with E-state index in [-0.39, 0.29) is 0 Å². The summed E-state index contributed by atoms with van der Waals surface area (Å²) < 4.78 is 0.